The number of amides is 1. The van der Waals surface area contributed by atoms with E-state index in [1.165, 1.54) is 6.07 Å². The number of carbonyl (C=O) groups is 1. The van der Waals surface area contributed by atoms with Gasteiger partial charge in [0.15, 0.2) is 0 Å². The summed E-state index contributed by atoms with van der Waals surface area (Å²) >= 11 is 0. The highest BCUT2D eigenvalue weighted by Crippen LogP contribution is 2.18. The van der Waals surface area contributed by atoms with Crippen molar-refractivity contribution in [1.29, 1.82) is 0 Å². The predicted molar refractivity (Wildman–Crippen MR) is 87.7 cm³/mol. The van der Waals surface area contributed by atoms with E-state index in [0.717, 1.165) is 5.56 Å². The van der Waals surface area contributed by atoms with Crippen molar-refractivity contribution < 1.29 is 9.18 Å². The Morgan fingerprint density at radius 2 is 2.00 bits per heavy atom. The van der Waals surface area contributed by atoms with Crippen molar-refractivity contribution in [2.75, 3.05) is 30.9 Å². The second-order valence-electron chi connectivity index (χ2n) is 5.21. The summed E-state index contributed by atoms with van der Waals surface area (Å²) < 4.78 is 13.8. The molecule has 0 aliphatic heterocycles. The van der Waals surface area contributed by atoms with Gasteiger partial charge in [0.25, 0.3) is 0 Å². The van der Waals surface area contributed by atoms with E-state index in [0.29, 0.717) is 24.7 Å². The van der Waals surface area contributed by atoms with Crippen LogP contribution >= 0.6 is 0 Å². The fourth-order valence-corrected chi connectivity index (χ4v) is 1.99. The van der Waals surface area contributed by atoms with E-state index in [1.807, 2.05) is 0 Å². The van der Waals surface area contributed by atoms with Crippen molar-refractivity contribution in [3.63, 3.8) is 0 Å². The molecule has 23 heavy (non-hydrogen) atoms. The fraction of sp³-hybridized carbons (Fsp3) is 0.312. The van der Waals surface area contributed by atoms with Crippen LogP contribution in [0.25, 0.3) is 0 Å². The maximum Gasteiger partial charge on any atom is 0.222 e. The van der Waals surface area contributed by atoms with E-state index < -0.39 is 0 Å². The number of rotatable bonds is 7. The molecular formula is C16H20FN5O. The molecule has 0 atom stereocenters. The number of nitrogens with zero attached hydrogens (tertiary/aromatic N) is 3. The van der Waals surface area contributed by atoms with E-state index in [9.17, 15) is 9.18 Å². The minimum absolute atomic E-state index is 0.120. The lowest BCUT2D eigenvalue weighted by atomic mass is 10.2. The molecule has 6 nitrogen and oxygen atoms in total. The summed E-state index contributed by atoms with van der Waals surface area (Å²) in [5.41, 5.74) is 1.24. The van der Waals surface area contributed by atoms with Gasteiger partial charge in [-0.25, -0.2) is 14.4 Å². The highest BCUT2D eigenvalue weighted by atomic mass is 19.1. The molecule has 0 aliphatic carbocycles. The van der Waals surface area contributed by atoms with Crippen LogP contribution < -0.4 is 15.5 Å². The van der Waals surface area contributed by atoms with Gasteiger partial charge in [0.2, 0.25) is 11.9 Å². The van der Waals surface area contributed by atoms with E-state index in [1.54, 1.807) is 49.6 Å². The van der Waals surface area contributed by atoms with Crippen LogP contribution in [0.4, 0.5) is 16.0 Å². The Bertz CT molecular complexity index is 648. The number of benzene rings is 1. The lowest BCUT2D eigenvalue weighted by Gasteiger charge is -2.14. The maximum atomic E-state index is 13.8. The van der Waals surface area contributed by atoms with Gasteiger partial charge in [-0.2, -0.15) is 0 Å². The summed E-state index contributed by atoms with van der Waals surface area (Å²) in [5, 5.41) is 5.72. The van der Waals surface area contributed by atoms with Crippen molar-refractivity contribution >= 4 is 17.5 Å². The van der Waals surface area contributed by atoms with E-state index in [4.69, 9.17) is 0 Å². The van der Waals surface area contributed by atoms with Crippen LogP contribution in [0.5, 0.6) is 0 Å². The van der Waals surface area contributed by atoms with Gasteiger partial charge in [-0.3, -0.25) is 4.79 Å². The Kier molecular flexibility index (Phi) is 5.85. The summed E-state index contributed by atoms with van der Waals surface area (Å²) in [5.74, 6) is 0.0665. The fourth-order valence-electron chi connectivity index (χ4n) is 1.99. The number of nitrogens with one attached hydrogen (secondary N) is 2. The van der Waals surface area contributed by atoms with Crippen LogP contribution in [0.1, 0.15) is 12.0 Å². The van der Waals surface area contributed by atoms with Gasteiger partial charge in [-0.05, 0) is 23.8 Å². The molecule has 0 fully saturated rings. The standard InChI is InChI=1S/C16H20FN5O/c1-22(2)14-5-4-12(10-13(14)17)11-21-15(23)6-9-20-16-18-7-3-8-19-16/h3-5,7-8,10H,6,9,11H2,1-2H3,(H,21,23)(H,18,19,20). The zero-order chi connectivity index (χ0) is 16.7. The molecule has 2 rings (SSSR count). The molecule has 2 aromatic rings. The van der Waals surface area contributed by atoms with E-state index in [-0.39, 0.29) is 18.1 Å². The van der Waals surface area contributed by atoms with Crippen molar-refractivity contribution in [2.45, 2.75) is 13.0 Å². The van der Waals surface area contributed by atoms with Crippen molar-refractivity contribution in [3.8, 4) is 0 Å². The van der Waals surface area contributed by atoms with Crippen LogP contribution in [0.15, 0.2) is 36.7 Å². The molecule has 7 heteroatoms. The zero-order valence-electron chi connectivity index (χ0n) is 13.2. The Hall–Kier alpha value is -2.70. The third kappa shape index (κ3) is 5.21. The number of aromatic nitrogens is 2. The number of carbonyl (C=O) groups excluding carboxylic acids is 1. The SMILES string of the molecule is CN(C)c1ccc(CNC(=O)CCNc2ncccn2)cc1F. The first-order valence-electron chi connectivity index (χ1n) is 7.29. The molecule has 1 heterocycles. The molecule has 1 aromatic carbocycles. The van der Waals surface area contributed by atoms with Gasteiger partial charge in [-0.15, -0.1) is 0 Å². The number of hydrogen-bond donors (Lipinski definition) is 2. The summed E-state index contributed by atoms with van der Waals surface area (Å²) in [6, 6.07) is 6.66. The van der Waals surface area contributed by atoms with Crippen LogP contribution in [0.3, 0.4) is 0 Å². The summed E-state index contributed by atoms with van der Waals surface area (Å²) in [6.07, 6.45) is 3.54. The van der Waals surface area contributed by atoms with Gasteiger partial charge in [0.1, 0.15) is 5.82 Å². The smallest absolute Gasteiger partial charge is 0.222 e. The van der Waals surface area contributed by atoms with Crippen LogP contribution in [-0.2, 0) is 11.3 Å². The lowest BCUT2D eigenvalue weighted by Crippen LogP contribution is -2.25. The topological polar surface area (TPSA) is 70.2 Å². The first kappa shape index (κ1) is 16.7. The first-order valence-corrected chi connectivity index (χ1v) is 7.29. The van der Waals surface area contributed by atoms with Gasteiger partial charge in [0.05, 0.1) is 5.69 Å². The Balaban J connectivity index is 1.75. The van der Waals surface area contributed by atoms with E-state index >= 15 is 0 Å². The second-order valence-corrected chi connectivity index (χ2v) is 5.21. The Morgan fingerprint density at radius 3 is 2.65 bits per heavy atom. The van der Waals surface area contributed by atoms with Crippen molar-refractivity contribution in [1.82, 2.24) is 15.3 Å². The summed E-state index contributed by atoms with van der Waals surface area (Å²) in [7, 11) is 3.56. The molecule has 0 saturated heterocycles. The van der Waals surface area contributed by atoms with Gasteiger partial charge >= 0.3 is 0 Å². The Labute approximate surface area is 134 Å². The lowest BCUT2D eigenvalue weighted by molar-refractivity contribution is -0.121. The first-order chi connectivity index (χ1) is 11.1. The molecule has 0 aliphatic rings. The number of hydrogen-bond acceptors (Lipinski definition) is 5. The molecule has 122 valence electrons. The number of anilines is 2. The Morgan fingerprint density at radius 1 is 1.26 bits per heavy atom. The molecule has 0 bridgehead atoms. The molecular weight excluding hydrogens is 297 g/mol. The molecule has 0 radical (unpaired) electrons. The molecule has 1 amide bonds. The summed E-state index contributed by atoms with van der Waals surface area (Å²) in [6.45, 7) is 0.731. The molecule has 0 unspecified atom stereocenters. The minimum atomic E-state index is -0.301. The monoisotopic (exact) mass is 317 g/mol. The zero-order valence-corrected chi connectivity index (χ0v) is 13.2. The normalized spacial score (nSPS) is 10.2. The average Bonchev–Trinajstić information content (AvgIpc) is 2.53. The largest absolute Gasteiger partial charge is 0.375 e. The van der Waals surface area contributed by atoms with Crippen molar-refractivity contribution in [3.05, 3.63) is 48.0 Å². The molecule has 2 N–H and O–H groups in total. The minimum Gasteiger partial charge on any atom is -0.375 e. The quantitative estimate of drug-likeness (QED) is 0.815. The highest BCUT2D eigenvalue weighted by Gasteiger charge is 2.07. The maximum absolute atomic E-state index is 13.8. The van der Waals surface area contributed by atoms with Crippen LogP contribution in [0, 0.1) is 5.82 Å². The third-order valence-electron chi connectivity index (χ3n) is 3.18. The predicted octanol–water partition coefficient (Wildman–Crippen LogP) is 1.80. The van der Waals surface area contributed by atoms with Gasteiger partial charge in [0, 0.05) is 46.0 Å². The van der Waals surface area contributed by atoms with Crippen LogP contribution in [0.2, 0.25) is 0 Å². The molecule has 0 spiro atoms. The molecule has 1 aromatic heterocycles. The summed E-state index contributed by atoms with van der Waals surface area (Å²) in [4.78, 5) is 21.5. The van der Waals surface area contributed by atoms with Crippen molar-refractivity contribution in [2.24, 2.45) is 0 Å². The van der Waals surface area contributed by atoms with Gasteiger partial charge < -0.3 is 15.5 Å². The van der Waals surface area contributed by atoms with Gasteiger partial charge in [-0.1, -0.05) is 6.07 Å². The average molecular weight is 317 g/mol. The van der Waals surface area contributed by atoms with E-state index in [2.05, 4.69) is 20.6 Å². The second kappa shape index (κ2) is 8.07. The third-order valence-corrected chi connectivity index (χ3v) is 3.18. The van der Waals surface area contributed by atoms with Crippen LogP contribution in [-0.4, -0.2) is 36.5 Å². The number of halogens is 1. The molecule has 0 saturated carbocycles. The highest BCUT2D eigenvalue weighted by molar-refractivity contribution is 5.76.